The van der Waals surface area contributed by atoms with Gasteiger partial charge in [0.25, 0.3) is 0 Å². The molecule has 1 saturated carbocycles. The average molecular weight is 371 g/mol. The van der Waals surface area contributed by atoms with Crippen molar-refractivity contribution in [3.8, 4) is 0 Å². The van der Waals surface area contributed by atoms with Crippen molar-refractivity contribution in [2.24, 2.45) is 11.3 Å². The zero-order valence-electron chi connectivity index (χ0n) is 13.9. The summed E-state index contributed by atoms with van der Waals surface area (Å²) in [6, 6.07) is 0. The van der Waals surface area contributed by atoms with Crippen molar-refractivity contribution < 1.29 is 9.22 Å². The molecule has 118 valence electrons. The van der Waals surface area contributed by atoms with Crippen LogP contribution in [0.5, 0.6) is 0 Å². The van der Waals surface area contributed by atoms with E-state index in [2.05, 4.69) is 56.4 Å². The minimum Gasteiger partial charge on any atom is -0.407 e. The molecule has 0 amide bonds. The summed E-state index contributed by atoms with van der Waals surface area (Å²) >= 11 is 3.61. The van der Waals surface area contributed by atoms with Gasteiger partial charge in [-0.15, -0.1) is 6.58 Å². The molecule has 0 aliphatic heterocycles. The molecule has 2 aliphatic rings. The van der Waals surface area contributed by atoms with Crippen molar-refractivity contribution in [1.29, 1.82) is 0 Å². The maximum atomic E-state index is 12.0. The van der Waals surface area contributed by atoms with Gasteiger partial charge in [0.1, 0.15) is 0 Å². The fourth-order valence-corrected chi connectivity index (χ4v) is 5.81. The predicted octanol–water partition coefficient (Wildman–Crippen LogP) is 4.79. The van der Waals surface area contributed by atoms with Gasteiger partial charge in [-0.2, -0.15) is 0 Å². The van der Waals surface area contributed by atoms with Gasteiger partial charge in [0.2, 0.25) is 0 Å². The Bertz CT molecular complexity index is 507. The van der Waals surface area contributed by atoms with Crippen molar-refractivity contribution in [2.75, 3.05) is 4.95 Å². The van der Waals surface area contributed by atoms with E-state index in [9.17, 15) is 4.79 Å². The van der Waals surface area contributed by atoms with E-state index < -0.39 is 8.32 Å². The van der Waals surface area contributed by atoms with Gasteiger partial charge in [0.15, 0.2) is 14.1 Å². The van der Waals surface area contributed by atoms with E-state index in [0.29, 0.717) is 12.3 Å². The lowest BCUT2D eigenvalue weighted by Gasteiger charge is -2.39. The fraction of sp³-hybridized carbons (Fsp3) is 0.706. The summed E-state index contributed by atoms with van der Waals surface area (Å²) in [4.78, 5) is 12.9. The Morgan fingerprint density at radius 3 is 2.67 bits per heavy atom. The first-order valence-electron chi connectivity index (χ1n) is 7.67. The SMILES string of the molecule is C=C(C)C[C@@]1(O[Si](C)(C)CBr)CC(C)(C)[C@@H]2CC(=O)C=C21. The van der Waals surface area contributed by atoms with E-state index in [1.165, 1.54) is 5.57 Å². The highest BCUT2D eigenvalue weighted by Crippen LogP contribution is 2.59. The van der Waals surface area contributed by atoms with E-state index in [0.717, 1.165) is 23.4 Å². The predicted molar refractivity (Wildman–Crippen MR) is 94.1 cm³/mol. The van der Waals surface area contributed by atoms with Crippen LogP contribution in [-0.4, -0.2) is 24.7 Å². The van der Waals surface area contributed by atoms with Crippen LogP contribution in [0.2, 0.25) is 13.1 Å². The number of rotatable bonds is 5. The van der Waals surface area contributed by atoms with Gasteiger partial charge < -0.3 is 4.43 Å². The van der Waals surface area contributed by atoms with Crippen molar-refractivity contribution in [2.45, 2.75) is 58.7 Å². The molecule has 0 aromatic carbocycles. The Balaban J connectivity index is 2.47. The molecule has 0 saturated heterocycles. The van der Waals surface area contributed by atoms with Crippen LogP contribution in [0.25, 0.3) is 0 Å². The van der Waals surface area contributed by atoms with Crippen LogP contribution in [0.1, 0.15) is 40.0 Å². The highest BCUT2D eigenvalue weighted by molar-refractivity contribution is 9.09. The van der Waals surface area contributed by atoms with E-state index >= 15 is 0 Å². The minimum atomic E-state index is -1.80. The molecule has 0 unspecified atom stereocenters. The van der Waals surface area contributed by atoms with Crippen LogP contribution in [-0.2, 0) is 9.22 Å². The standard InChI is InChI=1S/C17H27BrO2Si/c1-12(2)9-17(20-21(5,6)11-18)10-16(3,4)14-7-13(19)8-15(14)17/h8,14H,1,7,9-11H2,2-6H3/t14-,17-/m1/s1. The highest BCUT2D eigenvalue weighted by atomic mass is 79.9. The van der Waals surface area contributed by atoms with E-state index in [4.69, 9.17) is 4.43 Å². The summed E-state index contributed by atoms with van der Waals surface area (Å²) in [7, 11) is -1.80. The summed E-state index contributed by atoms with van der Waals surface area (Å²) in [6.45, 7) is 15.2. The Morgan fingerprint density at radius 1 is 1.52 bits per heavy atom. The molecule has 0 bridgehead atoms. The van der Waals surface area contributed by atoms with Gasteiger partial charge in [-0.05, 0) is 55.8 Å². The van der Waals surface area contributed by atoms with Crippen LogP contribution < -0.4 is 0 Å². The number of halogens is 1. The summed E-state index contributed by atoms with van der Waals surface area (Å²) < 4.78 is 6.75. The van der Waals surface area contributed by atoms with Gasteiger partial charge in [0.05, 0.1) is 5.60 Å². The van der Waals surface area contributed by atoms with Crippen molar-refractivity contribution in [3.63, 3.8) is 0 Å². The molecule has 0 spiro atoms. The number of carbonyl (C=O) groups is 1. The number of hydrogen-bond acceptors (Lipinski definition) is 2. The molecule has 1 fully saturated rings. The Hall–Kier alpha value is -0.193. The second-order valence-electron chi connectivity index (χ2n) is 8.11. The molecule has 0 heterocycles. The lowest BCUT2D eigenvalue weighted by Crippen LogP contribution is -2.46. The first-order chi connectivity index (χ1) is 9.51. The third-order valence-corrected chi connectivity index (χ3v) is 10.3. The number of hydrogen-bond donors (Lipinski definition) is 0. The van der Waals surface area contributed by atoms with Crippen molar-refractivity contribution in [3.05, 3.63) is 23.8 Å². The van der Waals surface area contributed by atoms with E-state index in [1.807, 2.05) is 6.08 Å². The Kier molecular flexibility index (Phi) is 4.47. The molecule has 21 heavy (non-hydrogen) atoms. The van der Waals surface area contributed by atoms with Crippen LogP contribution in [0.15, 0.2) is 23.8 Å². The maximum absolute atomic E-state index is 12.0. The molecule has 0 aromatic heterocycles. The van der Waals surface area contributed by atoms with Gasteiger partial charge in [-0.1, -0.05) is 35.4 Å². The van der Waals surface area contributed by atoms with E-state index in [1.54, 1.807) is 0 Å². The lowest BCUT2D eigenvalue weighted by atomic mass is 9.80. The van der Waals surface area contributed by atoms with Crippen molar-refractivity contribution >= 4 is 30.0 Å². The van der Waals surface area contributed by atoms with Crippen molar-refractivity contribution in [1.82, 2.24) is 0 Å². The van der Waals surface area contributed by atoms with Crippen LogP contribution in [0.3, 0.4) is 0 Å². The number of alkyl halides is 1. The fourth-order valence-electron chi connectivity index (χ4n) is 4.09. The largest absolute Gasteiger partial charge is 0.407 e. The van der Waals surface area contributed by atoms with Crippen LogP contribution in [0.4, 0.5) is 0 Å². The third kappa shape index (κ3) is 3.27. The smallest absolute Gasteiger partial charge is 0.198 e. The molecule has 0 N–H and O–H groups in total. The second-order valence-corrected chi connectivity index (χ2v) is 13.8. The lowest BCUT2D eigenvalue weighted by molar-refractivity contribution is -0.115. The number of allylic oxidation sites excluding steroid dienone is 1. The molecule has 0 aromatic rings. The molecule has 2 aliphatic carbocycles. The Morgan fingerprint density at radius 2 is 2.14 bits per heavy atom. The van der Waals surface area contributed by atoms with Crippen LogP contribution in [0, 0.1) is 11.3 Å². The first-order valence-corrected chi connectivity index (χ1v) is 11.9. The number of fused-ring (bicyclic) bond motifs is 1. The molecule has 2 rings (SSSR count). The third-order valence-electron chi connectivity index (χ3n) is 4.69. The zero-order valence-corrected chi connectivity index (χ0v) is 16.5. The average Bonchev–Trinajstić information content (AvgIpc) is 2.77. The number of carbonyl (C=O) groups excluding carboxylic acids is 1. The van der Waals surface area contributed by atoms with E-state index in [-0.39, 0.29) is 16.8 Å². The highest BCUT2D eigenvalue weighted by Gasteiger charge is 2.57. The molecular formula is C17H27BrO2Si. The summed E-state index contributed by atoms with van der Waals surface area (Å²) in [5.41, 5.74) is 2.17. The second kappa shape index (κ2) is 5.46. The minimum absolute atomic E-state index is 0.115. The van der Waals surface area contributed by atoms with Gasteiger partial charge in [0, 0.05) is 11.4 Å². The normalized spacial score (nSPS) is 31.2. The van der Waals surface area contributed by atoms with Gasteiger partial charge >= 0.3 is 0 Å². The quantitative estimate of drug-likeness (QED) is 0.394. The summed E-state index contributed by atoms with van der Waals surface area (Å²) in [5.74, 6) is 0.597. The molecule has 2 atom stereocenters. The molecule has 4 heteroatoms. The monoisotopic (exact) mass is 370 g/mol. The Labute approximate surface area is 138 Å². The topological polar surface area (TPSA) is 26.3 Å². The van der Waals surface area contributed by atoms with Gasteiger partial charge in [-0.3, -0.25) is 4.79 Å². The summed E-state index contributed by atoms with van der Waals surface area (Å²) in [6.07, 6.45) is 4.34. The zero-order chi connectivity index (χ0) is 16.1. The van der Waals surface area contributed by atoms with Crippen LogP contribution >= 0.6 is 15.9 Å². The number of ketones is 1. The maximum Gasteiger partial charge on any atom is 0.198 e. The van der Waals surface area contributed by atoms with Gasteiger partial charge in [-0.25, -0.2) is 0 Å². The molecule has 0 radical (unpaired) electrons. The summed E-state index contributed by atoms with van der Waals surface area (Å²) in [5, 5.41) is 0. The molecular weight excluding hydrogens is 344 g/mol. The first kappa shape index (κ1) is 17.2. The molecule has 2 nitrogen and oxygen atoms in total.